The predicted octanol–water partition coefficient (Wildman–Crippen LogP) is 1.37. The molecule has 1 heterocycles. The average Bonchev–Trinajstić information content (AvgIpc) is 2.69. The zero-order valence-corrected chi connectivity index (χ0v) is 10.3. The van der Waals surface area contributed by atoms with E-state index in [-0.39, 0.29) is 5.56 Å². The maximum atomic E-state index is 12.1. The number of aryl methyl sites for hydroxylation is 1. The molecular formula is C13H20N2O. The summed E-state index contributed by atoms with van der Waals surface area (Å²) < 4.78 is 1.83. The van der Waals surface area contributed by atoms with E-state index >= 15 is 0 Å². The Balaban J connectivity index is 2.33. The van der Waals surface area contributed by atoms with Gasteiger partial charge in [0, 0.05) is 30.9 Å². The maximum Gasteiger partial charge on any atom is 0.255 e. The molecule has 1 aromatic rings. The highest BCUT2D eigenvalue weighted by Crippen LogP contribution is 2.20. The van der Waals surface area contributed by atoms with Gasteiger partial charge in [0.1, 0.15) is 0 Å². The predicted molar refractivity (Wildman–Crippen MR) is 65.7 cm³/mol. The Morgan fingerprint density at radius 2 is 2.19 bits per heavy atom. The summed E-state index contributed by atoms with van der Waals surface area (Å²) in [7, 11) is 1.89. The van der Waals surface area contributed by atoms with Crippen molar-refractivity contribution >= 4 is 0 Å². The summed E-state index contributed by atoms with van der Waals surface area (Å²) in [6.07, 6.45) is 3.36. The van der Waals surface area contributed by atoms with E-state index in [0.717, 1.165) is 18.4 Å². The minimum Gasteiger partial charge on any atom is -0.315 e. The molecule has 3 nitrogen and oxygen atoms in total. The molecule has 1 aromatic heterocycles. The van der Waals surface area contributed by atoms with Crippen molar-refractivity contribution in [2.24, 2.45) is 7.05 Å². The van der Waals surface area contributed by atoms with E-state index in [2.05, 4.69) is 25.2 Å². The van der Waals surface area contributed by atoms with Gasteiger partial charge in [-0.1, -0.05) is 13.8 Å². The standard InChI is InChI=1S/C13H20N2O/c1-9(2)14-8-11-7-10-5-4-6-12(10)15(3)13(11)16/h7,9,14H,4-6,8H2,1-3H3. The number of nitrogens with zero attached hydrogens (tertiary/aromatic N) is 1. The molecule has 0 amide bonds. The highest BCUT2D eigenvalue weighted by molar-refractivity contribution is 5.30. The highest BCUT2D eigenvalue weighted by atomic mass is 16.1. The lowest BCUT2D eigenvalue weighted by molar-refractivity contribution is 0.581. The van der Waals surface area contributed by atoms with Gasteiger partial charge in [-0.3, -0.25) is 4.79 Å². The van der Waals surface area contributed by atoms with Crippen molar-refractivity contribution in [1.29, 1.82) is 0 Å². The fraction of sp³-hybridized carbons (Fsp3) is 0.615. The third kappa shape index (κ3) is 2.05. The van der Waals surface area contributed by atoms with Gasteiger partial charge in [0.2, 0.25) is 0 Å². The van der Waals surface area contributed by atoms with Gasteiger partial charge in [0.15, 0.2) is 0 Å². The monoisotopic (exact) mass is 220 g/mol. The molecule has 1 aliphatic carbocycles. The lowest BCUT2D eigenvalue weighted by Crippen LogP contribution is -2.30. The van der Waals surface area contributed by atoms with Crippen LogP contribution in [0.15, 0.2) is 10.9 Å². The fourth-order valence-corrected chi connectivity index (χ4v) is 2.34. The Bertz CT molecular complexity index is 446. The number of nitrogens with one attached hydrogen (secondary N) is 1. The average molecular weight is 220 g/mol. The van der Waals surface area contributed by atoms with Gasteiger partial charge in [-0.2, -0.15) is 0 Å². The molecule has 0 fully saturated rings. The van der Waals surface area contributed by atoms with Crippen molar-refractivity contribution in [3.05, 3.63) is 33.2 Å². The first-order valence-electron chi connectivity index (χ1n) is 6.03. The number of rotatable bonds is 3. The summed E-state index contributed by atoms with van der Waals surface area (Å²) in [6, 6.07) is 2.51. The number of pyridine rings is 1. The first-order chi connectivity index (χ1) is 7.59. The molecule has 88 valence electrons. The first kappa shape index (κ1) is 11.4. The third-order valence-corrected chi connectivity index (χ3v) is 3.26. The molecule has 3 heteroatoms. The van der Waals surface area contributed by atoms with E-state index < -0.39 is 0 Å². The van der Waals surface area contributed by atoms with Crippen LogP contribution >= 0.6 is 0 Å². The lowest BCUT2D eigenvalue weighted by atomic mass is 10.1. The van der Waals surface area contributed by atoms with E-state index in [0.29, 0.717) is 12.6 Å². The molecule has 0 spiro atoms. The van der Waals surface area contributed by atoms with Gasteiger partial charge < -0.3 is 9.88 Å². The summed E-state index contributed by atoms with van der Waals surface area (Å²) in [4.78, 5) is 12.1. The Labute approximate surface area is 96.5 Å². The lowest BCUT2D eigenvalue weighted by Gasteiger charge is -2.12. The molecule has 2 rings (SSSR count). The summed E-state index contributed by atoms with van der Waals surface area (Å²) in [5.74, 6) is 0. The molecule has 0 bridgehead atoms. The van der Waals surface area contributed by atoms with Crippen molar-refractivity contribution in [2.45, 2.75) is 45.7 Å². The van der Waals surface area contributed by atoms with Crippen LogP contribution in [0.3, 0.4) is 0 Å². The van der Waals surface area contributed by atoms with Crippen LogP contribution in [-0.2, 0) is 26.4 Å². The molecule has 1 aliphatic rings. The molecule has 0 atom stereocenters. The molecule has 1 N–H and O–H groups in total. The van der Waals surface area contributed by atoms with Crippen LogP contribution in [0.25, 0.3) is 0 Å². The van der Waals surface area contributed by atoms with E-state index in [9.17, 15) is 4.79 Å². The van der Waals surface area contributed by atoms with Crippen LogP contribution in [0.5, 0.6) is 0 Å². The Hall–Kier alpha value is -1.09. The summed E-state index contributed by atoms with van der Waals surface area (Å²) >= 11 is 0. The molecule has 0 aromatic carbocycles. The van der Waals surface area contributed by atoms with Crippen LogP contribution in [0.1, 0.15) is 37.1 Å². The quantitative estimate of drug-likeness (QED) is 0.835. The number of aromatic nitrogens is 1. The van der Waals surface area contributed by atoms with Crippen molar-refractivity contribution in [1.82, 2.24) is 9.88 Å². The van der Waals surface area contributed by atoms with Crippen LogP contribution in [0.2, 0.25) is 0 Å². The van der Waals surface area contributed by atoms with E-state index in [1.165, 1.54) is 17.7 Å². The minimum atomic E-state index is 0.161. The Kier molecular flexibility index (Phi) is 3.15. The summed E-state index contributed by atoms with van der Waals surface area (Å²) in [6.45, 7) is 4.87. The molecule has 0 unspecified atom stereocenters. The van der Waals surface area contributed by atoms with Gasteiger partial charge >= 0.3 is 0 Å². The van der Waals surface area contributed by atoms with Crippen LogP contribution in [0, 0.1) is 0 Å². The maximum absolute atomic E-state index is 12.1. The molecule has 16 heavy (non-hydrogen) atoms. The number of fused-ring (bicyclic) bond motifs is 1. The van der Waals surface area contributed by atoms with Gasteiger partial charge in [-0.05, 0) is 30.9 Å². The largest absolute Gasteiger partial charge is 0.315 e. The smallest absolute Gasteiger partial charge is 0.255 e. The minimum absolute atomic E-state index is 0.161. The summed E-state index contributed by atoms with van der Waals surface area (Å²) in [5, 5.41) is 3.31. The van der Waals surface area contributed by atoms with Crippen molar-refractivity contribution in [3.63, 3.8) is 0 Å². The van der Waals surface area contributed by atoms with E-state index in [1.54, 1.807) is 0 Å². The number of hydrogen-bond donors (Lipinski definition) is 1. The highest BCUT2D eigenvalue weighted by Gasteiger charge is 2.16. The van der Waals surface area contributed by atoms with Crippen molar-refractivity contribution in [2.75, 3.05) is 0 Å². The van der Waals surface area contributed by atoms with E-state index in [1.807, 2.05) is 11.6 Å². The van der Waals surface area contributed by atoms with Gasteiger partial charge in [-0.25, -0.2) is 0 Å². The van der Waals surface area contributed by atoms with Crippen LogP contribution < -0.4 is 10.9 Å². The van der Waals surface area contributed by atoms with Crippen LogP contribution in [-0.4, -0.2) is 10.6 Å². The number of hydrogen-bond acceptors (Lipinski definition) is 2. The SMILES string of the molecule is CC(C)NCc1cc2c(n(C)c1=O)CCC2. The molecule has 0 radical (unpaired) electrons. The Morgan fingerprint density at radius 3 is 2.88 bits per heavy atom. The molecule has 0 saturated carbocycles. The van der Waals surface area contributed by atoms with Crippen molar-refractivity contribution in [3.8, 4) is 0 Å². The Morgan fingerprint density at radius 1 is 1.44 bits per heavy atom. The van der Waals surface area contributed by atoms with Gasteiger partial charge in [0.25, 0.3) is 5.56 Å². The second kappa shape index (κ2) is 4.42. The van der Waals surface area contributed by atoms with Crippen LogP contribution in [0.4, 0.5) is 0 Å². The molecule has 0 aliphatic heterocycles. The summed E-state index contributed by atoms with van der Waals surface area (Å²) in [5.41, 5.74) is 3.66. The van der Waals surface area contributed by atoms with Gasteiger partial charge in [0.05, 0.1) is 0 Å². The normalized spacial score (nSPS) is 14.5. The zero-order chi connectivity index (χ0) is 11.7. The zero-order valence-electron chi connectivity index (χ0n) is 10.3. The molecular weight excluding hydrogens is 200 g/mol. The van der Waals surface area contributed by atoms with Gasteiger partial charge in [-0.15, -0.1) is 0 Å². The second-order valence-electron chi connectivity index (χ2n) is 4.89. The van der Waals surface area contributed by atoms with Crippen molar-refractivity contribution < 1.29 is 0 Å². The van der Waals surface area contributed by atoms with E-state index in [4.69, 9.17) is 0 Å². The first-order valence-corrected chi connectivity index (χ1v) is 6.03. The third-order valence-electron chi connectivity index (χ3n) is 3.26. The fourth-order valence-electron chi connectivity index (χ4n) is 2.34. The second-order valence-corrected chi connectivity index (χ2v) is 4.89. The topological polar surface area (TPSA) is 34.0 Å². The molecule has 0 saturated heterocycles.